The number of hydrogen-bond donors (Lipinski definition) is 1. The standard InChI is InChI=1S/C26H29N3O2S/c1-18-9-11-21(12-10-18)25-23(32-19(2)28-25)16-24(30)27-17-20-7-6-8-22(15-20)26(31)29-13-4-3-5-14-29/h6-12,15H,3-5,13-14,16-17H2,1-2H3,(H,27,30). The molecule has 3 aromatic rings. The summed E-state index contributed by atoms with van der Waals surface area (Å²) in [5, 5.41) is 3.96. The number of piperidine rings is 1. The summed E-state index contributed by atoms with van der Waals surface area (Å²) in [6.07, 6.45) is 3.63. The number of likely N-dealkylation sites (tertiary alicyclic amines) is 1. The maximum Gasteiger partial charge on any atom is 0.253 e. The van der Waals surface area contributed by atoms with Crippen molar-refractivity contribution in [2.45, 2.75) is 46.1 Å². The lowest BCUT2D eigenvalue weighted by Crippen LogP contribution is -2.35. The molecule has 1 saturated heterocycles. The van der Waals surface area contributed by atoms with E-state index in [1.54, 1.807) is 11.3 Å². The molecule has 5 nitrogen and oxygen atoms in total. The van der Waals surface area contributed by atoms with Gasteiger partial charge in [-0.15, -0.1) is 11.3 Å². The Morgan fingerprint density at radius 1 is 1.03 bits per heavy atom. The molecule has 1 N–H and O–H groups in total. The van der Waals surface area contributed by atoms with Crippen LogP contribution in [-0.4, -0.2) is 34.8 Å². The van der Waals surface area contributed by atoms with Gasteiger partial charge in [0.2, 0.25) is 5.91 Å². The number of aromatic nitrogens is 1. The minimum Gasteiger partial charge on any atom is -0.352 e. The van der Waals surface area contributed by atoms with Gasteiger partial charge in [0.15, 0.2) is 0 Å². The van der Waals surface area contributed by atoms with Crippen LogP contribution < -0.4 is 5.32 Å². The van der Waals surface area contributed by atoms with Crippen LogP contribution in [0.4, 0.5) is 0 Å². The number of carbonyl (C=O) groups excluding carboxylic acids is 2. The summed E-state index contributed by atoms with van der Waals surface area (Å²) in [4.78, 5) is 33.0. The van der Waals surface area contributed by atoms with Crippen molar-refractivity contribution in [1.82, 2.24) is 15.2 Å². The number of nitrogens with zero attached hydrogens (tertiary/aromatic N) is 2. The molecule has 6 heteroatoms. The van der Waals surface area contributed by atoms with Crippen LogP contribution in [0.2, 0.25) is 0 Å². The third-order valence-electron chi connectivity index (χ3n) is 5.76. The highest BCUT2D eigenvalue weighted by Gasteiger charge is 2.19. The first-order chi connectivity index (χ1) is 15.5. The molecule has 32 heavy (non-hydrogen) atoms. The maximum absolute atomic E-state index is 12.8. The molecule has 2 amide bonds. The molecule has 0 atom stereocenters. The van der Waals surface area contributed by atoms with E-state index >= 15 is 0 Å². The molecule has 0 radical (unpaired) electrons. The minimum atomic E-state index is -0.0465. The Kier molecular flexibility index (Phi) is 7.00. The molecule has 0 aliphatic carbocycles. The molecule has 2 heterocycles. The van der Waals surface area contributed by atoms with Gasteiger partial charge in [-0.25, -0.2) is 4.98 Å². The van der Waals surface area contributed by atoms with Crippen molar-refractivity contribution in [3.05, 3.63) is 75.1 Å². The van der Waals surface area contributed by atoms with Gasteiger partial charge in [0.25, 0.3) is 5.91 Å². The van der Waals surface area contributed by atoms with Gasteiger partial charge in [0, 0.05) is 35.6 Å². The van der Waals surface area contributed by atoms with Gasteiger partial charge < -0.3 is 10.2 Å². The summed E-state index contributed by atoms with van der Waals surface area (Å²) in [6.45, 7) is 6.08. The van der Waals surface area contributed by atoms with E-state index in [1.807, 2.05) is 36.1 Å². The summed E-state index contributed by atoms with van der Waals surface area (Å²) >= 11 is 1.56. The molecular weight excluding hydrogens is 418 g/mol. The number of benzene rings is 2. The highest BCUT2D eigenvalue weighted by atomic mass is 32.1. The third kappa shape index (κ3) is 5.43. The fraction of sp³-hybridized carbons (Fsp3) is 0.346. The van der Waals surface area contributed by atoms with Crippen LogP contribution in [0.25, 0.3) is 11.3 Å². The van der Waals surface area contributed by atoms with Crippen molar-refractivity contribution in [2.24, 2.45) is 0 Å². The van der Waals surface area contributed by atoms with Crippen LogP contribution in [0.3, 0.4) is 0 Å². The first kappa shape index (κ1) is 22.2. The zero-order valence-corrected chi connectivity index (χ0v) is 19.5. The monoisotopic (exact) mass is 447 g/mol. The Bertz CT molecular complexity index is 1100. The molecule has 1 aliphatic rings. The lowest BCUT2D eigenvalue weighted by Gasteiger charge is -2.26. The SMILES string of the molecule is Cc1ccc(-c2nc(C)sc2CC(=O)NCc2cccc(C(=O)N3CCCCC3)c2)cc1. The van der Waals surface area contributed by atoms with Gasteiger partial charge in [-0.1, -0.05) is 42.0 Å². The smallest absolute Gasteiger partial charge is 0.253 e. The number of hydrogen-bond acceptors (Lipinski definition) is 4. The first-order valence-electron chi connectivity index (χ1n) is 11.2. The number of aryl methyl sites for hydroxylation is 2. The van der Waals surface area contributed by atoms with E-state index in [0.29, 0.717) is 18.5 Å². The van der Waals surface area contributed by atoms with Gasteiger partial charge in [0.1, 0.15) is 0 Å². The molecule has 1 aromatic heterocycles. The number of nitrogens with one attached hydrogen (secondary N) is 1. The largest absolute Gasteiger partial charge is 0.352 e. The predicted molar refractivity (Wildman–Crippen MR) is 129 cm³/mol. The highest BCUT2D eigenvalue weighted by Crippen LogP contribution is 2.28. The van der Waals surface area contributed by atoms with Crippen molar-refractivity contribution in [2.75, 3.05) is 13.1 Å². The van der Waals surface area contributed by atoms with Crippen LogP contribution in [0, 0.1) is 13.8 Å². The fourth-order valence-electron chi connectivity index (χ4n) is 4.03. The lowest BCUT2D eigenvalue weighted by molar-refractivity contribution is -0.120. The van der Waals surface area contributed by atoms with Crippen LogP contribution in [0.1, 0.15) is 50.6 Å². The summed E-state index contributed by atoms with van der Waals surface area (Å²) in [5.41, 5.74) is 4.74. The summed E-state index contributed by atoms with van der Waals surface area (Å²) in [6, 6.07) is 15.8. The van der Waals surface area contributed by atoms with E-state index < -0.39 is 0 Å². The van der Waals surface area contributed by atoms with Gasteiger partial charge >= 0.3 is 0 Å². The van der Waals surface area contributed by atoms with Gasteiger partial charge in [-0.2, -0.15) is 0 Å². The van der Waals surface area contributed by atoms with E-state index in [2.05, 4.69) is 41.5 Å². The average molecular weight is 448 g/mol. The normalized spacial score (nSPS) is 13.8. The Labute approximate surface area is 193 Å². The summed E-state index contributed by atoms with van der Waals surface area (Å²) in [7, 11) is 0. The number of rotatable bonds is 6. The minimum absolute atomic E-state index is 0.0465. The van der Waals surface area contributed by atoms with E-state index in [-0.39, 0.29) is 11.8 Å². The first-order valence-corrected chi connectivity index (χ1v) is 12.0. The van der Waals surface area contributed by atoms with Crippen LogP contribution in [0.5, 0.6) is 0 Å². The lowest BCUT2D eigenvalue weighted by atomic mass is 10.1. The van der Waals surface area contributed by atoms with Crippen molar-refractivity contribution in [3.63, 3.8) is 0 Å². The van der Waals surface area contributed by atoms with Crippen LogP contribution in [-0.2, 0) is 17.8 Å². The van der Waals surface area contributed by atoms with Crippen molar-refractivity contribution in [1.29, 1.82) is 0 Å². The molecule has 166 valence electrons. The second kappa shape index (κ2) is 10.1. The van der Waals surface area contributed by atoms with Gasteiger partial charge in [-0.05, 0) is 50.8 Å². The summed E-state index contributed by atoms with van der Waals surface area (Å²) in [5.74, 6) is 0.0375. The molecular formula is C26H29N3O2S. The topological polar surface area (TPSA) is 62.3 Å². The Morgan fingerprint density at radius 3 is 2.53 bits per heavy atom. The summed E-state index contributed by atoms with van der Waals surface area (Å²) < 4.78 is 0. The number of carbonyl (C=O) groups is 2. The quantitative estimate of drug-likeness (QED) is 0.584. The second-order valence-corrected chi connectivity index (χ2v) is 9.67. The average Bonchev–Trinajstić information content (AvgIpc) is 3.18. The van der Waals surface area contributed by atoms with Crippen molar-refractivity contribution >= 4 is 23.2 Å². The number of thiazole rings is 1. The van der Waals surface area contributed by atoms with E-state index in [1.165, 1.54) is 12.0 Å². The molecule has 0 bridgehead atoms. The van der Waals surface area contributed by atoms with E-state index in [0.717, 1.165) is 52.6 Å². The number of amides is 2. The third-order valence-corrected chi connectivity index (χ3v) is 6.73. The maximum atomic E-state index is 12.8. The van der Waals surface area contributed by atoms with Crippen LogP contribution >= 0.6 is 11.3 Å². The Morgan fingerprint density at radius 2 is 1.78 bits per heavy atom. The van der Waals surface area contributed by atoms with Gasteiger partial charge in [-0.3, -0.25) is 9.59 Å². The van der Waals surface area contributed by atoms with E-state index in [9.17, 15) is 9.59 Å². The molecule has 0 unspecified atom stereocenters. The molecule has 4 rings (SSSR count). The highest BCUT2D eigenvalue weighted by molar-refractivity contribution is 7.12. The Balaban J connectivity index is 1.39. The molecule has 1 aliphatic heterocycles. The molecule has 1 fully saturated rings. The van der Waals surface area contributed by atoms with Gasteiger partial charge in [0.05, 0.1) is 17.1 Å². The molecule has 2 aromatic carbocycles. The zero-order valence-electron chi connectivity index (χ0n) is 18.7. The predicted octanol–water partition coefficient (Wildman–Crippen LogP) is 4.91. The Hall–Kier alpha value is -2.99. The van der Waals surface area contributed by atoms with E-state index in [4.69, 9.17) is 0 Å². The fourth-order valence-corrected chi connectivity index (χ4v) is 4.99. The van der Waals surface area contributed by atoms with Crippen molar-refractivity contribution in [3.8, 4) is 11.3 Å². The molecule has 0 spiro atoms. The molecule has 0 saturated carbocycles. The van der Waals surface area contributed by atoms with Crippen molar-refractivity contribution < 1.29 is 9.59 Å². The van der Waals surface area contributed by atoms with Crippen LogP contribution in [0.15, 0.2) is 48.5 Å². The second-order valence-electron chi connectivity index (χ2n) is 8.38. The zero-order chi connectivity index (χ0) is 22.5.